The Morgan fingerprint density at radius 1 is 1.40 bits per heavy atom. The Kier molecular flexibility index (Phi) is 2.27. The highest BCUT2D eigenvalue weighted by Crippen LogP contribution is 2.21. The number of aromatic nitrogens is 2. The van der Waals surface area contributed by atoms with Crippen molar-refractivity contribution in [2.45, 2.75) is 32.8 Å². The first-order chi connectivity index (χ1) is 7.00. The van der Waals surface area contributed by atoms with Crippen LogP contribution >= 0.6 is 0 Å². The summed E-state index contributed by atoms with van der Waals surface area (Å²) in [4.78, 5) is 7.50. The first-order valence-corrected chi connectivity index (χ1v) is 5.22. The van der Waals surface area contributed by atoms with Crippen molar-refractivity contribution in [3.63, 3.8) is 0 Å². The summed E-state index contributed by atoms with van der Waals surface area (Å²) in [6, 6.07) is 6.13. The van der Waals surface area contributed by atoms with Crippen LogP contribution < -0.4 is 0 Å². The van der Waals surface area contributed by atoms with Gasteiger partial charge < -0.3 is 10.1 Å². The minimum Gasteiger partial charge on any atom is -0.383 e. The third-order valence-corrected chi connectivity index (χ3v) is 2.53. The summed E-state index contributed by atoms with van der Waals surface area (Å²) in [6.45, 7) is 5.57. The number of H-pyrrole nitrogens is 1. The van der Waals surface area contributed by atoms with Crippen LogP contribution in [0.5, 0.6) is 0 Å². The largest absolute Gasteiger partial charge is 0.383 e. The molecule has 0 aliphatic rings. The van der Waals surface area contributed by atoms with Gasteiger partial charge in [-0.05, 0) is 38.0 Å². The van der Waals surface area contributed by atoms with Gasteiger partial charge >= 0.3 is 0 Å². The standard InChI is InChI=1S/C12H16N2O/c1-4-8-5-6-9-10(7-8)14-11(13-9)12(2,3)15/h5-7,15H,4H2,1-3H3,(H,13,14). The summed E-state index contributed by atoms with van der Waals surface area (Å²) in [7, 11) is 0. The first-order valence-electron chi connectivity index (χ1n) is 5.22. The van der Waals surface area contributed by atoms with E-state index in [2.05, 4.69) is 29.0 Å². The highest BCUT2D eigenvalue weighted by molar-refractivity contribution is 5.76. The Labute approximate surface area is 89.2 Å². The lowest BCUT2D eigenvalue weighted by Gasteiger charge is -2.12. The molecular formula is C12H16N2O. The third-order valence-electron chi connectivity index (χ3n) is 2.53. The molecule has 0 aliphatic heterocycles. The van der Waals surface area contributed by atoms with Gasteiger partial charge in [-0.3, -0.25) is 0 Å². The van der Waals surface area contributed by atoms with Crippen molar-refractivity contribution >= 4 is 11.0 Å². The Balaban J connectivity index is 2.56. The zero-order chi connectivity index (χ0) is 11.1. The van der Waals surface area contributed by atoms with Gasteiger partial charge in [0.1, 0.15) is 11.4 Å². The Morgan fingerprint density at radius 3 is 2.73 bits per heavy atom. The predicted octanol–water partition coefficient (Wildman–Crippen LogP) is 2.35. The zero-order valence-corrected chi connectivity index (χ0v) is 9.33. The molecule has 1 heterocycles. The molecule has 15 heavy (non-hydrogen) atoms. The summed E-state index contributed by atoms with van der Waals surface area (Å²) in [5.41, 5.74) is 2.26. The van der Waals surface area contributed by atoms with Crippen molar-refractivity contribution in [1.29, 1.82) is 0 Å². The predicted molar refractivity (Wildman–Crippen MR) is 60.7 cm³/mol. The normalized spacial score (nSPS) is 12.3. The molecular weight excluding hydrogens is 188 g/mol. The topological polar surface area (TPSA) is 48.9 Å². The summed E-state index contributed by atoms with van der Waals surface area (Å²) in [6.07, 6.45) is 1.01. The van der Waals surface area contributed by atoms with Crippen LogP contribution in [0.4, 0.5) is 0 Å². The molecule has 0 amide bonds. The molecule has 0 radical (unpaired) electrons. The Hall–Kier alpha value is -1.35. The average molecular weight is 204 g/mol. The van der Waals surface area contributed by atoms with Crippen LogP contribution in [0.3, 0.4) is 0 Å². The molecule has 2 N–H and O–H groups in total. The second-order valence-electron chi connectivity index (χ2n) is 4.35. The van der Waals surface area contributed by atoms with Crippen molar-refractivity contribution < 1.29 is 5.11 Å². The van der Waals surface area contributed by atoms with Crippen LogP contribution in [0.25, 0.3) is 11.0 Å². The molecule has 3 heteroatoms. The highest BCUT2D eigenvalue weighted by atomic mass is 16.3. The Bertz CT molecular complexity index is 480. The van der Waals surface area contributed by atoms with Gasteiger partial charge in [0.05, 0.1) is 11.0 Å². The molecule has 0 spiro atoms. The zero-order valence-electron chi connectivity index (χ0n) is 9.33. The number of imidazole rings is 1. The lowest BCUT2D eigenvalue weighted by molar-refractivity contribution is 0.0700. The monoisotopic (exact) mass is 204 g/mol. The maximum absolute atomic E-state index is 9.82. The molecule has 0 saturated heterocycles. The number of hydrogen-bond donors (Lipinski definition) is 2. The van der Waals surface area contributed by atoms with E-state index in [1.807, 2.05) is 6.07 Å². The second-order valence-corrected chi connectivity index (χ2v) is 4.35. The van der Waals surface area contributed by atoms with Gasteiger partial charge in [-0.1, -0.05) is 13.0 Å². The smallest absolute Gasteiger partial charge is 0.138 e. The first kappa shape index (κ1) is 10.2. The van der Waals surface area contributed by atoms with Crippen LogP contribution in [0, 0.1) is 0 Å². The fourth-order valence-electron chi connectivity index (χ4n) is 1.57. The van der Waals surface area contributed by atoms with E-state index in [0.29, 0.717) is 5.82 Å². The minimum absolute atomic E-state index is 0.616. The van der Waals surface area contributed by atoms with Crippen molar-refractivity contribution in [3.8, 4) is 0 Å². The lowest BCUT2D eigenvalue weighted by Crippen LogP contribution is -2.17. The van der Waals surface area contributed by atoms with Gasteiger partial charge in [0, 0.05) is 0 Å². The van der Waals surface area contributed by atoms with Crippen LogP contribution in [0.15, 0.2) is 18.2 Å². The van der Waals surface area contributed by atoms with E-state index in [0.717, 1.165) is 17.5 Å². The number of nitrogens with zero attached hydrogens (tertiary/aromatic N) is 1. The molecule has 1 aromatic carbocycles. The number of hydrogen-bond acceptors (Lipinski definition) is 2. The number of aliphatic hydroxyl groups is 1. The molecule has 0 fully saturated rings. The number of rotatable bonds is 2. The van der Waals surface area contributed by atoms with Crippen molar-refractivity contribution in [2.75, 3.05) is 0 Å². The maximum Gasteiger partial charge on any atom is 0.138 e. The van der Waals surface area contributed by atoms with Crippen LogP contribution in [-0.2, 0) is 12.0 Å². The third kappa shape index (κ3) is 1.88. The SMILES string of the molecule is CCc1ccc2nc(C(C)(C)O)[nH]c2c1. The molecule has 3 nitrogen and oxygen atoms in total. The van der Waals surface area contributed by atoms with E-state index >= 15 is 0 Å². The fourth-order valence-corrected chi connectivity index (χ4v) is 1.57. The number of aryl methyl sites for hydroxylation is 1. The van der Waals surface area contributed by atoms with E-state index in [4.69, 9.17) is 0 Å². The fraction of sp³-hybridized carbons (Fsp3) is 0.417. The van der Waals surface area contributed by atoms with E-state index < -0.39 is 5.60 Å². The highest BCUT2D eigenvalue weighted by Gasteiger charge is 2.20. The number of benzene rings is 1. The molecule has 80 valence electrons. The van der Waals surface area contributed by atoms with Gasteiger partial charge in [-0.2, -0.15) is 0 Å². The van der Waals surface area contributed by atoms with Crippen molar-refractivity contribution in [2.24, 2.45) is 0 Å². The molecule has 0 unspecified atom stereocenters. The Morgan fingerprint density at radius 2 is 2.13 bits per heavy atom. The van der Waals surface area contributed by atoms with Gasteiger partial charge in [0.25, 0.3) is 0 Å². The number of fused-ring (bicyclic) bond motifs is 1. The molecule has 0 atom stereocenters. The van der Waals surface area contributed by atoms with E-state index in [-0.39, 0.29) is 0 Å². The number of aromatic amines is 1. The van der Waals surface area contributed by atoms with Gasteiger partial charge in [-0.25, -0.2) is 4.98 Å². The average Bonchev–Trinajstić information content (AvgIpc) is 2.59. The van der Waals surface area contributed by atoms with E-state index in [1.54, 1.807) is 13.8 Å². The van der Waals surface area contributed by atoms with Crippen molar-refractivity contribution in [1.82, 2.24) is 9.97 Å². The van der Waals surface area contributed by atoms with Crippen molar-refractivity contribution in [3.05, 3.63) is 29.6 Å². The quantitative estimate of drug-likeness (QED) is 0.788. The molecule has 1 aromatic heterocycles. The van der Waals surface area contributed by atoms with Crippen LogP contribution in [0.1, 0.15) is 32.2 Å². The van der Waals surface area contributed by atoms with Crippen LogP contribution in [0.2, 0.25) is 0 Å². The molecule has 0 saturated carbocycles. The van der Waals surface area contributed by atoms with Gasteiger partial charge in [0.2, 0.25) is 0 Å². The van der Waals surface area contributed by atoms with Gasteiger partial charge in [0.15, 0.2) is 0 Å². The lowest BCUT2D eigenvalue weighted by atomic mass is 10.1. The number of nitrogens with one attached hydrogen (secondary N) is 1. The van der Waals surface area contributed by atoms with E-state index in [9.17, 15) is 5.11 Å². The van der Waals surface area contributed by atoms with E-state index in [1.165, 1.54) is 5.56 Å². The molecule has 2 aromatic rings. The summed E-state index contributed by atoms with van der Waals surface area (Å²) >= 11 is 0. The summed E-state index contributed by atoms with van der Waals surface area (Å²) < 4.78 is 0. The molecule has 0 aliphatic carbocycles. The summed E-state index contributed by atoms with van der Waals surface area (Å²) in [5.74, 6) is 0.616. The van der Waals surface area contributed by atoms with Crippen LogP contribution in [-0.4, -0.2) is 15.1 Å². The minimum atomic E-state index is -0.911. The van der Waals surface area contributed by atoms with Gasteiger partial charge in [-0.15, -0.1) is 0 Å². The molecule has 0 bridgehead atoms. The molecule has 2 rings (SSSR count). The second kappa shape index (κ2) is 3.35. The summed E-state index contributed by atoms with van der Waals surface area (Å²) in [5, 5.41) is 9.82. The maximum atomic E-state index is 9.82.